The van der Waals surface area contributed by atoms with Crippen molar-refractivity contribution < 1.29 is 0 Å². The van der Waals surface area contributed by atoms with Crippen molar-refractivity contribution in [3.8, 4) is 0 Å². The van der Waals surface area contributed by atoms with Crippen LogP contribution in [0.25, 0.3) is 0 Å². The number of hydrogen-bond donors (Lipinski definition) is 1. The lowest BCUT2D eigenvalue weighted by Gasteiger charge is -2.41. The molecule has 1 aromatic heterocycles. The summed E-state index contributed by atoms with van der Waals surface area (Å²) < 4.78 is 0. The van der Waals surface area contributed by atoms with Crippen LogP contribution in [0.2, 0.25) is 0 Å². The van der Waals surface area contributed by atoms with Gasteiger partial charge in [-0.2, -0.15) is 0 Å². The molecular weight excluding hydrogens is 262 g/mol. The van der Waals surface area contributed by atoms with Crippen molar-refractivity contribution in [3.05, 3.63) is 42.2 Å². The topological polar surface area (TPSA) is 58.3 Å². The Kier molecular flexibility index (Phi) is 3.64. The lowest BCUT2D eigenvalue weighted by atomic mass is 10.1. The third kappa shape index (κ3) is 2.91. The normalized spacial score (nSPS) is 18.9. The number of benzene rings is 1. The lowest BCUT2D eigenvalue weighted by Crippen LogP contribution is -2.52. The van der Waals surface area contributed by atoms with Gasteiger partial charge in [-0.25, -0.2) is 9.97 Å². The van der Waals surface area contributed by atoms with E-state index in [1.54, 1.807) is 0 Å². The molecule has 0 bridgehead atoms. The number of nitrogens with two attached hydrogens (primary N) is 1. The predicted octanol–water partition coefficient (Wildman–Crippen LogP) is 2.08. The number of rotatable bonds is 2. The summed E-state index contributed by atoms with van der Waals surface area (Å²) in [6.07, 6.45) is 1.53. The number of aryl methyl sites for hydroxylation is 1. The quantitative estimate of drug-likeness (QED) is 0.914. The van der Waals surface area contributed by atoms with Crippen molar-refractivity contribution in [2.75, 3.05) is 35.2 Å². The molecule has 3 rings (SSSR count). The number of hydrogen-bond acceptors (Lipinski definition) is 5. The highest BCUT2D eigenvalue weighted by Gasteiger charge is 2.24. The van der Waals surface area contributed by atoms with Crippen LogP contribution < -0.4 is 15.5 Å². The van der Waals surface area contributed by atoms with Crippen molar-refractivity contribution in [1.82, 2.24) is 9.97 Å². The summed E-state index contributed by atoms with van der Waals surface area (Å²) in [5.41, 5.74) is 8.33. The van der Waals surface area contributed by atoms with Gasteiger partial charge >= 0.3 is 0 Å². The summed E-state index contributed by atoms with van der Waals surface area (Å²) in [5.74, 6) is 1.44. The minimum atomic E-state index is 0.384. The lowest BCUT2D eigenvalue weighted by molar-refractivity contribution is 0.546. The number of anilines is 3. The van der Waals surface area contributed by atoms with Gasteiger partial charge < -0.3 is 15.5 Å². The molecule has 1 aliphatic rings. The van der Waals surface area contributed by atoms with Crippen LogP contribution >= 0.6 is 0 Å². The van der Waals surface area contributed by atoms with E-state index in [2.05, 4.69) is 57.9 Å². The molecule has 2 heterocycles. The average molecular weight is 283 g/mol. The van der Waals surface area contributed by atoms with Gasteiger partial charge in [-0.15, -0.1) is 0 Å². The van der Waals surface area contributed by atoms with Crippen molar-refractivity contribution in [1.29, 1.82) is 0 Å². The second kappa shape index (κ2) is 5.60. The molecular formula is C16H21N5. The Morgan fingerprint density at radius 2 is 1.90 bits per heavy atom. The van der Waals surface area contributed by atoms with E-state index in [4.69, 9.17) is 5.73 Å². The zero-order chi connectivity index (χ0) is 14.8. The van der Waals surface area contributed by atoms with Crippen LogP contribution in [0.1, 0.15) is 12.5 Å². The Hall–Kier alpha value is -2.30. The second-order valence-corrected chi connectivity index (χ2v) is 5.63. The fourth-order valence-electron chi connectivity index (χ4n) is 2.81. The molecule has 0 amide bonds. The summed E-state index contributed by atoms with van der Waals surface area (Å²) in [6.45, 7) is 7.23. The summed E-state index contributed by atoms with van der Waals surface area (Å²) in [4.78, 5) is 13.0. The Morgan fingerprint density at radius 3 is 2.57 bits per heavy atom. The van der Waals surface area contributed by atoms with Crippen LogP contribution in [-0.2, 0) is 0 Å². The molecule has 5 heteroatoms. The minimum Gasteiger partial charge on any atom is -0.384 e. The summed E-state index contributed by atoms with van der Waals surface area (Å²) in [7, 11) is 0. The Morgan fingerprint density at radius 1 is 1.14 bits per heavy atom. The fraction of sp³-hybridized carbons (Fsp3) is 0.375. The van der Waals surface area contributed by atoms with E-state index >= 15 is 0 Å². The Balaban J connectivity index is 1.73. The van der Waals surface area contributed by atoms with E-state index < -0.39 is 0 Å². The Bertz CT molecular complexity index is 610. The highest BCUT2D eigenvalue weighted by molar-refractivity contribution is 5.52. The molecule has 0 spiro atoms. The highest BCUT2D eigenvalue weighted by atomic mass is 15.3. The van der Waals surface area contributed by atoms with Crippen LogP contribution in [-0.4, -0.2) is 35.6 Å². The van der Waals surface area contributed by atoms with Gasteiger partial charge in [-0.3, -0.25) is 0 Å². The van der Waals surface area contributed by atoms with Crippen molar-refractivity contribution in [2.45, 2.75) is 19.9 Å². The minimum absolute atomic E-state index is 0.384. The Labute approximate surface area is 125 Å². The first-order valence-electron chi connectivity index (χ1n) is 7.29. The highest BCUT2D eigenvalue weighted by Crippen LogP contribution is 2.23. The van der Waals surface area contributed by atoms with Crippen LogP contribution in [0.5, 0.6) is 0 Å². The maximum Gasteiger partial charge on any atom is 0.134 e. The zero-order valence-electron chi connectivity index (χ0n) is 12.5. The molecule has 1 aliphatic heterocycles. The maximum atomic E-state index is 5.76. The molecule has 1 atom stereocenters. The van der Waals surface area contributed by atoms with Crippen LogP contribution in [0.4, 0.5) is 17.3 Å². The molecule has 1 aromatic carbocycles. The van der Waals surface area contributed by atoms with E-state index in [1.165, 1.54) is 17.6 Å². The van der Waals surface area contributed by atoms with E-state index in [1.807, 2.05) is 6.07 Å². The third-order valence-corrected chi connectivity index (χ3v) is 3.99. The summed E-state index contributed by atoms with van der Waals surface area (Å²) in [6, 6.07) is 10.9. The van der Waals surface area contributed by atoms with Gasteiger partial charge in [0.05, 0.1) is 0 Å². The van der Waals surface area contributed by atoms with E-state index in [9.17, 15) is 0 Å². The van der Waals surface area contributed by atoms with Crippen LogP contribution in [0.3, 0.4) is 0 Å². The van der Waals surface area contributed by atoms with Crippen LogP contribution in [0.15, 0.2) is 36.7 Å². The molecule has 0 saturated carbocycles. The van der Waals surface area contributed by atoms with Crippen molar-refractivity contribution >= 4 is 17.3 Å². The molecule has 1 fully saturated rings. The first-order valence-corrected chi connectivity index (χ1v) is 7.29. The summed E-state index contributed by atoms with van der Waals surface area (Å²) >= 11 is 0. The number of aromatic nitrogens is 2. The SMILES string of the molecule is Cc1ccc(N2CCN(c3cc(N)ncn3)[C@@H](C)C2)cc1. The third-order valence-electron chi connectivity index (χ3n) is 3.99. The molecule has 2 N–H and O–H groups in total. The largest absolute Gasteiger partial charge is 0.384 e. The molecule has 0 radical (unpaired) electrons. The van der Waals surface area contributed by atoms with Gasteiger partial charge in [-0.05, 0) is 26.0 Å². The van der Waals surface area contributed by atoms with Crippen LogP contribution in [0, 0.1) is 6.92 Å². The predicted molar refractivity (Wildman–Crippen MR) is 86.6 cm³/mol. The number of piperazine rings is 1. The molecule has 21 heavy (non-hydrogen) atoms. The molecule has 110 valence electrons. The maximum absolute atomic E-state index is 5.76. The monoisotopic (exact) mass is 283 g/mol. The van der Waals surface area contributed by atoms with Crippen molar-refractivity contribution in [3.63, 3.8) is 0 Å². The molecule has 1 saturated heterocycles. The molecule has 0 aliphatic carbocycles. The molecule has 5 nitrogen and oxygen atoms in total. The summed E-state index contributed by atoms with van der Waals surface area (Å²) in [5, 5.41) is 0. The number of nitrogens with zero attached hydrogens (tertiary/aromatic N) is 4. The van der Waals surface area contributed by atoms with E-state index in [-0.39, 0.29) is 0 Å². The number of nitrogen functional groups attached to an aromatic ring is 1. The zero-order valence-corrected chi connectivity index (χ0v) is 12.5. The molecule has 0 unspecified atom stereocenters. The van der Waals surface area contributed by atoms with Gasteiger partial charge in [0.15, 0.2) is 0 Å². The first kappa shape index (κ1) is 13.7. The van der Waals surface area contributed by atoms with Crippen molar-refractivity contribution in [2.24, 2.45) is 0 Å². The second-order valence-electron chi connectivity index (χ2n) is 5.63. The average Bonchev–Trinajstić information content (AvgIpc) is 2.48. The van der Waals surface area contributed by atoms with Gasteiger partial charge in [0, 0.05) is 37.4 Å². The molecule has 2 aromatic rings. The fourth-order valence-corrected chi connectivity index (χ4v) is 2.81. The van der Waals surface area contributed by atoms with Gasteiger partial charge in [0.25, 0.3) is 0 Å². The van der Waals surface area contributed by atoms with Gasteiger partial charge in [-0.1, -0.05) is 17.7 Å². The van der Waals surface area contributed by atoms with Gasteiger partial charge in [0.1, 0.15) is 18.0 Å². The van der Waals surface area contributed by atoms with E-state index in [0.29, 0.717) is 11.9 Å². The first-order chi connectivity index (χ1) is 10.1. The standard InChI is InChI=1S/C16H21N5/c1-12-3-5-14(6-4-12)20-7-8-21(13(2)10-20)16-9-15(17)18-11-19-16/h3-6,9,11,13H,7-8,10H2,1-2H3,(H2,17,18,19)/t13-/m0/s1. The van der Waals surface area contributed by atoms with E-state index in [0.717, 1.165) is 25.5 Å². The smallest absolute Gasteiger partial charge is 0.134 e. The van der Waals surface area contributed by atoms with Gasteiger partial charge in [0.2, 0.25) is 0 Å².